The number of ketones is 1. The minimum atomic E-state index is -0.889. The van der Waals surface area contributed by atoms with Gasteiger partial charge in [-0.05, 0) is 30.9 Å². The van der Waals surface area contributed by atoms with Crippen molar-refractivity contribution in [1.29, 1.82) is 0 Å². The molecule has 0 radical (unpaired) electrons. The van der Waals surface area contributed by atoms with Crippen LogP contribution < -0.4 is 0 Å². The quantitative estimate of drug-likeness (QED) is 0.827. The van der Waals surface area contributed by atoms with Crippen LogP contribution in [-0.4, -0.2) is 15.9 Å². The van der Waals surface area contributed by atoms with Crippen molar-refractivity contribution in [3.8, 4) is 0 Å². The Balaban J connectivity index is 2.19. The summed E-state index contributed by atoms with van der Waals surface area (Å²) in [7, 11) is 0. The molecule has 0 unspecified atom stereocenters. The highest BCUT2D eigenvalue weighted by Crippen LogP contribution is 2.34. The Morgan fingerprint density at radius 3 is 2.56 bits per heavy atom. The molecule has 16 heavy (non-hydrogen) atoms. The van der Waals surface area contributed by atoms with Gasteiger partial charge in [-0.15, -0.1) is 0 Å². The second-order valence-electron chi connectivity index (χ2n) is 4.48. The predicted octanol–water partition coefficient (Wildman–Crippen LogP) is 1.97. The first-order chi connectivity index (χ1) is 7.64. The molecular weight excluding hydrogens is 202 g/mol. The van der Waals surface area contributed by atoms with Crippen LogP contribution in [0, 0.1) is 0 Å². The number of hydrogen-bond acceptors (Lipinski definition) is 3. The number of carbonyl (C=O) groups is 1. The zero-order valence-electron chi connectivity index (χ0n) is 9.57. The summed E-state index contributed by atoms with van der Waals surface area (Å²) in [5.41, 5.74) is 0.983. The molecule has 3 heteroatoms. The number of aromatic nitrogens is 1. The summed E-state index contributed by atoms with van der Waals surface area (Å²) in [6, 6.07) is 3.88. The number of hydrogen-bond donors (Lipinski definition) is 1. The molecule has 1 fully saturated rings. The third-order valence-corrected chi connectivity index (χ3v) is 3.34. The van der Waals surface area contributed by atoms with Gasteiger partial charge in [0.15, 0.2) is 0 Å². The van der Waals surface area contributed by atoms with Crippen LogP contribution in [0.4, 0.5) is 0 Å². The maximum absolute atomic E-state index is 11.2. The average molecular weight is 219 g/mol. The molecule has 86 valence electrons. The lowest BCUT2D eigenvalue weighted by atomic mass is 9.81. The van der Waals surface area contributed by atoms with E-state index in [0.29, 0.717) is 31.4 Å². The Morgan fingerprint density at radius 2 is 2.06 bits per heavy atom. The fourth-order valence-electron chi connectivity index (χ4n) is 2.11. The molecule has 0 spiro atoms. The largest absolute Gasteiger partial charge is 0.384 e. The second kappa shape index (κ2) is 4.34. The van der Waals surface area contributed by atoms with Crippen molar-refractivity contribution in [2.45, 2.75) is 44.6 Å². The van der Waals surface area contributed by atoms with E-state index in [1.54, 1.807) is 0 Å². The SMILES string of the molecule is CCc1ccc(C2(O)CCC(=O)CC2)nc1. The molecule has 0 atom stereocenters. The summed E-state index contributed by atoms with van der Waals surface area (Å²) in [5.74, 6) is 0.245. The van der Waals surface area contributed by atoms with E-state index < -0.39 is 5.60 Å². The fraction of sp³-hybridized carbons (Fsp3) is 0.538. The number of nitrogens with zero attached hydrogens (tertiary/aromatic N) is 1. The van der Waals surface area contributed by atoms with Crippen LogP contribution in [0.5, 0.6) is 0 Å². The Kier molecular flexibility index (Phi) is 3.06. The molecule has 0 saturated heterocycles. The first-order valence-electron chi connectivity index (χ1n) is 5.83. The third kappa shape index (κ3) is 2.14. The number of carbonyl (C=O) groups excluding carboxylic acids is 1. The Morgan fingerprint density at radius 1 is 1.38 bits per heavy atom. The number of aryl methyl sites for hydroxylation is 1. The van der Waals surface area contributed by atoms with Crippen molar-refractivity contribution in [2.24, 2.45) is 0 Å². The van der Waals surface area contributed by atoms with Crippen molar-refractivity contribution in [1.82, 2.24) is 4.98 Å². The highest BCUT2D eigenvalue weighted by atomic mass is 16.3. The molecule has 1 saturated carbocycles. The topological polar surface area (TPSA) is 50.2 Å². The molecule has 1 aliphatic carbocycles. The van der Waals surface area contributed by atoms with Crippen LogP contribution in [-0.2, 0) is 16.8 Å². The molecule has 1 heterocycles. The molecule has 3 nitrogen and oxygen atoms in total. The molecule has 1 aromatic rings. The van der Waals surface area contributed by atoms with Crippen molar-refractivity contribution in [3.05, 3.63) is 29.6 Å². The van der Waals surface area contributed by atoms with Gasteiger partial charge in [0.2, 0.25) is 0 Å². The molecule has 1 aliphatic rings. The number of rotatable bonds is 2. The van der Waals surface area contributed by atoms with E-state index in [1.807, 2.05) is 18.3 Å². The highest BCUT2D eigenvalue weighted by Gasteiger charge is 2.35. The van der Waals surface area contributed by atoms with Gasteiger partial charge in [0, 0.05) is 19.0 Å². The Bertz CT molecular complexity index is 373. The van der Waals surface area contributed by atoms with E-state index >= 15 is 0 Å². The minimum absolute atomic E-state index is 0.245. The molecule has 0 aliphatic heterocycles. The molecule has 1 aromatic heterocycles. The fourth-order valence-corrected chi connectivity index (χ4v) is 2.11. The Labute approximate surface area is 95.5 Å². The smallest absolute Gasteiger partial charge is 0.133 e. The first kappa shape index (κ1) is 11.3. The zero-order valence-corrected chi connectivity index (χ0v) is 9.57. The molecule has 1 N–H and O–H groups in total. The van der Waals surface area contributed by atoms with E-state index in [0.717, 1.165) is 6.42 Å². The predicted molar refractivity (Wildman–Crippen MR) is 61.0 cm³/mol. The van der Waals surface area contributed by atoms with E-state index in [4.69, 9.17) is 0 Å². The molecule has 2 rings (SSSR count). The van der Waals surface area contributed by atoms with Crippen molar-refractivity contribution >= 4 is 5.78 Å². The van der Waals surface area contributed by atoms with Crippen LogP contribution in [0.1, 0.15) is 43.9 Å². The van der Waals surface area contributed by atoms with Gasteiger partial charge in [0.1, 0.15) is 11.4 Å². The van der Waals surface area contributed by atoms with E-state index in [9.17, 15) is 9.90 Å². The monoisotopic (exact) mass is 219 g/mol. The Hall–Kier alpha value is -1.22. The standard InChI is InChI=1S/C13H17NO2/c1-2-10-3-4-12(14-9-10)13(16)7-5-11(15)6-8-13/h3-4,9,16H,2,5-8H2,1H3. The van der Waals surface area contributed by atoms with Gasteiger partial charge in [0.25, 0.3) is 0 Å². The van der Waals surface area contributed by atoms with E-state index in [1.165, 1.54) is 5.56 Å². The normalized spacial score (nSPS) is 19.8. The van der Waals surface area contributed by atoms with Gasteiger partial charge in [-0.1, -0.05) is 13.0 Å². The number of Topliss-reactive ketones (excluding diaryl/α,β-unsaturated/α-hetero) is 1. The van der Waals surface area contributed by atoms with Crippen LogP contribution in [0.2, 0.25) is 0 Å². The molecule has 0 aromatic carbocycles. The van der Waals surface area contributed by atoms with Crippen LogP contribution in [0.15, 0.2) is 18.3 Å². The summed E-state index contributed by atoms with van der Waals surface area (Å²) < 4.78 is 0. The summed E-state index contributed by atoms with van der Waals surface area (Å²) in [5, 5.41) is 10.4. The number of aliphatic hydroxyl groups is 1. The van der Waals surface area contributed by atoms with Crippen LogP contribution in [0.25, 0.3) is 0 Å². The minimum Gasteiger partial charge on any atom is -0.384 e. The maximum Gasteiger partial charge on any atom is 0.133 e. The summed E-state index contributed by atoms with van der Waals surface area (Å²) >= 11 is 0. The lowest BCUT2D eigenvalue weighted by Crippen LogP contribution is -2.32. The van der Waals surface area contributed by atoms with Gasteiger partial charge < -0.3 is 5.11 Å². The van der Waals surface area contributed by atoms with Crippen LogP contribution >= 0.6 is 0 Å². The molecular formula is C13H17NO2. The lowest BCUT2D eigenvalue weighted by molar-refractivity contribution is -0.125. The van der Waals surface area contributed by atoms with E-state index in [-0.39, 0.29) is 5.78 Å². The average Bonchev–Trinajstić information content (AvgIpc) is 2.33. The van der Waals surface area contributed by atoms with Gasteiger partial charge in [0.05, 0.1) is 5.69 Å². The van der Waals surface area contributed by atoms with Gasteiger partial charge >= 0.3 is 0 Å². The van der Waals surface area contributed by atoms with E-state index in [2.05, 4.69) is 11.9 Å². The summed E-state index contributed by atoms with van der Waals surface area (Å²) in [6.07, 6.45) is 4.70. The van der Waals surface area contributed by atoms with Crippen molar-refractivity contribution in [3.63, 3.8) is 0 Å². The summed E-state index contributed by atoms with van der Waals surface area (Å²) in [4.78, 5) is 15.5. The van der Waals surface area contributed by atoms with Gasteiger partial charge in [-0.3, -0.25) is 9.78 Å². The van der Waals surface area contributed by atoms with Crippen molar-refractivity contribution in [2.75, 3.05) is 0 Å². The third-order valence-electron chi connectivity index (χ3n) is 3.34. The van der Waals surface area contributed by atoms with Crippen molar-refractivity contribution < 1.29 is 9.90 Å². The highest BCUT2D eigenvalue weighted by molar-refractivity contribution is 5.79. The molecule has 0 bridgehead atoms. The van der Waals surface area contributed by atoms with Crippen LogP contribution in [0.3, 0.4) is 0 Å². The lowest BCUT2D eigenvalue weighted by Gasteiger charge is -2.30. The zero-order chi connectivity index (χ0) is 11.6. The number of pyridine rings is 1. The maximum atomic E-state index is 11.2. The van der Waals surface area contributed by atoms with Gasteiger partial charge in [-0.2, -0.15) is 0 Å². The first-order valence-corrected chi connectivity index (χ1v) is 5.83. The van der Waals surface area contributed by atoms with Gasteiger partial charge in [-0.25, -0.2) is 0 Å². The second-order valence-corrected chi connectivity index (χ2v) is 4.48. The summed E-state index contributed by atoms with van der Waals surface area (Å²) in [6.45, 7) is 2.07. The molecule has 0 amide bonds.